The lowest BCUT2D eigenvalue weighted by Crippen LogP contribution is -3.00. The lowest BCUT2D eigenvalue weighted by molar-refractivity contribution is -0.401. The number of nitrogens with zero attached hydrogens (tertiary/aromatic N) is 1. The average molecular weight is 507 g/mol. The first kappa shape index (κ1) is 22.9. The Hall–Kier alpha value is -2.35. The molecule has 0 fully saturated rings. The molecule has 0 bridgehead atoms. The third kappa shape index (κ3) is 4.17. The minimum absolute atomic E-state index is 0. The van der Waals surface area contributed by atoms with Crippen LogP contribution in [0.3, 0.4) is 0 Å². The number of methoxy groups -OCH3 is 3. The summed E-state index contributed by atoms with van der Waals surface area (Å²) in [6.07, 6.45) is 4.17. The molecule has 29 heavy (non-hydrogen) atoms. The van der Waals surface area contributed by atoms with Crippen LogP contribution in [0, 0.1) is 0 Å². The zero-order valence-electron chi connectivity index (χ0n) is 17.6. The molecular formula is C23H26INO4. The quantitative estimate of drug-likeness (QED) is 0.347. The monoisotopic (exact) mass is 507 g/mol. The molecule has 2 aromatic rings. The van der Waals surface area contributed by atoms with Crippen molar-refractivity contribution in [3.63, 3.8) is 0 Å². The molecule has 3 rings (SSSR count). The molecule has 0 radical (unpaired) electrons. The van der Waals surface area contributed by atoms with E-state index in [4.69, 9.17) is 14.2 Å². The molecule has 0 aromatic heterocycles. The maximum atomic E-state index is 11.9. The Morgan fingerprint density at radius 2 is 1.66 bits per heavy atom. The van der Waals surface area contributed by atoms with Crippen LogP contribution in [0.5, 0.6) is 11.5 Å². The summed E-state index contributed by atoms with van der Waals surface area (Å²) in [6.45, 7) is 4.36. The zero-order chi connectivity index (χ0) is 20.5. The molecule has 1 heterocycles. The summed E-state index contributed by atoms with van der Waals surface area (Å²) in [6, 6.07) is 11.5. The van der Waals surface area contributed by atoms with Gasteiger partial charge < -0.3 is 38.2 Å². The van der Waals surface area contributed by atoms with Gasteiger partial charge in [-0.15, -0.1) is 0 Å². The topological polar surface area (TPSA) is 47.8 Å². The molecule has 6 heteroatoms. The number of carbonyl (C=O) groups is 1. The van der Waals surface area contributed by atoms with Crippen LogP contribution in [0.1, 0.15) is 35.3 Å². The molecule has 0 N–H and O–H groups in total. The summed E-state index contributed by atoms with van der Waals surface area (Å²) in [5.41, 5.74) is 4.70. The molecule has 2 aromatic carbocycles. The summed E-state index contributed by atoms with van der Waals surface area (Å²) in [5.74, 6) is 1.07. The zero-order valence-corrected chi connectivity index (χ0v) is 19.7. The van der Waals surface area contributed by atoms with Crippen molar-refractivity contribution >= 4 is 23.4 Å². The van der Waals surface area contributed by atoms with Crippen molar-refractivity contribution in [3.05, 3.63) is 59.2 Å². The minimum atomic E-state index is -0.330. The fourth-order valence-electron chi connectivity index (χ4n) is 3.72. The molecule has 0 atom stereocenters. The van der Waals surface area contributed by atoms with E-state index in [2.05, 4.69) is 30.6 Å². The molecule has 1 aliphatic heterocycles. The maximum absolute atomic E-state index is 11.9. The summed E-state index contributed by atoms with van der Waals surface area (Å²) < 4.78 is 17.7. The number of esters is 1. The van der Waals surface area contributed by atoms with Gasteiger partial charge in [0.1, 0.15) is 7.05 Å². The lowest BCUT2D eigenvalue weighted by atomic mass is 9.81. The van der Waals surface area contributed by atoms with E-state index in [1.807, 2.05) is 43.4 Å². The summed E-state index contributed by atoms with van der Waals surface area (Å²) in [7, 11) is 6.66. The van der Waals surface area contributed by atoms with Crippen LogP contribution in [0.4, 0.5) is 5.69 Å². The van der Waals surface area contributed by atoms with Gasteiger partial charge in [0.2, 0.25) is 5.69 Å². The van der Waals surface area contributed by atoms with E-state index in [0.717, 1.165) is 17.0 Å². The predicted molar refractivity (Wildman–Crippen MR) is 110 cm³/mol. The first-order valence-electron chi connectivity index (χ1n) is 9.07. The van der Waals surface area contributed by atoms with Gasteiger partial charge in [0.15, 0.2) is 17.2 Å². The van der Waals surface area contributed by atoms with Gasteiger partial charge in [-0.25, -0.2) is 4.79 Å². The first-order chi connectivity index (χ1) is 13.3. The predicted octanol–water partition coefficient (Wildman–Crippen LogP) is 1.21. The lowest BCUT2D eigenvalue weighted by Gasteiger charge is -2.15. The van der Waals surface area contributed by atoms with Gasteiger partial charge in [0.05, 0.1) is 32.3 Å². The second-order valence-corrected chi connectivity index (χ2v) is 7.24. The van der Waals surface area contributed by atoms with Gasteiger partial charge in [-0.1, -0.05) is 12.1 Å². The van der Waals surface area contributed by atoms with Crippen LogP contribution in [-0.2, 0) is 10.2 Å². The van der Waals surface area contributed by atoms with Crippen LogP contribution in [0.15, 0.2) is 42.5 Å². The third-order valence-corrected chi connectivity index (χ3v) is 5.30. The molecule has 1 aliphatic rings. The van der Waals surface area contributed by atoms with Crippen LogP contribution in [-0.4, -0.2) is 44.6 Å². The van der Waals surface area contributed by atoms with E-state index in [9.17, 15) is 4.79 Å². The molecule has 0 spiro atoms. The van der Waals surface area contributed by atoms with Crippen molar-refractivity contribution in [2.24, 2.45) is 0 Å². The SMILES string of the molecule is COC(=O)c1ccc2c(c1)[N+](C)=C(/C=C/c1ccc(OC)c(OC)c1)C2(C)C.[I-]. The summed E-state index contributed by atoms with van der Waals surface area (Å²) in [5, 5.41) is 0. The van der Waals surface area contributed by atoms with E-state index in [1.165, 1.54) is 12.7 Å². The summed E-state index contributed by atoms with van der Waals surface area (Å²) >= 11 is 0. The van der Waals surface area contributed by atoms with Crippen LogP contribution in [0.25, 0.3) is 6.08 Å². The third-order valence-electron chi connectivity index (χ3n) is 5.30. The Labute approximate surface area is 189 Å². The van der Waals surface area contributed by atoms with Gasteiger partial charge in [-0.3, -0.25) is 0 Å². The molecule has 0 saturated carbocycles. The Morgan fingerprint density at radius 1 is 0.966 bits per heavy atom. The molecule has 0 aliphatic carbocycles. The van der Waals surface area contributed by atoms with E-state index in [1.54, 1.807) is 14.2 Å². The fraction of sp³-hybridized carbons (Fsp3) is 0.304. The van der Waals surface area contributed by atoms with Crippen molar-refractivity contribution in [1.29, 1.82) is 0 Å². The number of hydrogen-bond donors (Lipinski definition) is 0. The minimum Gasteiger partial charge on any atom is -1.00 e. The van der Waals surface area contributed by atoms with Crippen molar-refractivity contribution in [2.45, 2.75) is 19.3 Å². The Morgan fingerprint density at radius 3 is 2.28 bits per heavy atom. The summed E-state index contributed by atoms with van der Waals surface area (Å²) in [4.78, 5) is 11.9. The molecule has 5 nitrogen and oxygen atoms in total. The van der Waals surface area contributed by atoms with Crippen LogP contribution < -0.4 is 33.5 Å². The van der Waals surface area contributed by atoms with Gasteiger partial charge in [-0.2, -0.15) is 4.58 Å². The fourth-order valence-corrected chi connectivity index (χ4v) is 3.72. The van der Waals surface area contributed by atoms with E-state index < -0.39 is 0 Å². The van der Waals surface area contributed by atoms with Crippen molar-refractivity contribution in [2.75, 3.05) is 28.4 Å². The molecule has 0 unspecified atom stereocenters. The van der Waals surface area contributed by atoms with Gasteiger partial charge >= 0.3 is 5.97 Å². The second kappa shape index (κ2) is 8.98. The number of halogens is 1. The Kier molecular flexibility index (Phi) is 7.11. The molecule has 0 amide bonds. The number of fused-ring (bicyclic) bond motifs is 1. The molecular weight excluding hydrogens is 481 g/mol. The number of hydrogen-bond acceptors (Lipinski definition) is 4. The number of rotatable bonds is 5. The number of allylic oxidation sites excluding steroid dienone is 1. The second-order valence-electron chi connectivity index (χ2n) is 7.24. The largest absolute Gasteiger partial charge is 1.00 e. The highest BCUT2D eigenvalue weighted by Gasteiger charge is 2.43. The molecule has 0 saturated heterocycles. The first-order valence-corrected chi connectivity index (χ1v) is 9.07. The standard InChI is InChI=1S/C23H26NO4.HI/c1-23(2)17-10-9-16(22(25)28-6)14-18(17)24(3)21(23)12-8-15-7-11-19(26-4)20(13-15)27-5;/h7-14H,1-6H3;1H/q+1;/p-1/b12-8+;. The highest BCUT2D eigenvalue weighted by Crippen LogP contribution is 2.40. The van der Waals surface area contributed by atoms with Crippen LogP contribution >= 0.6 is 0 Å². The Balaban J connectivity index is 0.00000300. The van der Waals surface area contributed by atoms with Crippen LogP contribution in [0.2, 0.25) is 0 Å². The van der Waals surface area contributed by atoms with Gasteiger partial charge in [-0.05, 0) is 43.7 Å². The molecule has 154 valence electrons. The highest BCUT2D eigenvalue weighted by molar-refractivity contribution is 6.05. The highest BCUT2D eigenvalue weighted by atomic mass is 127. The van der Waals surface area contributed by atoms with Crippen molar-refractivity contribution in [3.8, 4) is 11.5 Å². The maximum Gasteiger partial charge on any atom is 0.338 e. The average Bonchev–Trinajstić information content (AvgIpc) is 2.90. The van der Waals surface area contributed by atoms with Gasteiger partial charge in [0.25, 0.3) is 0 Å². The van der Waals surface area contributed by atoms with Crippen molar-refractivity contribution in [1.82, 2.24) is 0 Å². The number of ether oxygens (including phenoxy) is 3. The number of carbonyl (C=O) groups excluding carboxylic acids is 1. The van der Waals surface area contributed by atoms with Gasteiger partial charge in [0, 0.05) is 17.7 Å². The normalized spacial score (nSPS) is 14.4. The van der Waals surface area contributed by atoms with E-state index in [-0.39, 0.29) is 35.4 Å². The number of benzene rings is 2. The van der Waals surface area contributed by atoms with E-state index >= 15 is 0 Å². The smallest absolute Gasteiger partial charge is 0.338 e. The van der Waals surface area contributed by atoms with E-state index in [0.29, 0.717) is 17.1 Å². The van der Waals surface area contributed by atoms with Crippen molar-refractivity contribution < 1.29 is 47.6 Å². The Bertz CT molecular complexity index is 992.